The average molecular weight is 387 g/mol. The standard InChI is InChI=1S/C21H26N2OS2/c1-3-13-24-20-11-6-10-19(15-20)23-21(25)22-12-7-14-26-16-18-9-5-4-8-17(18)2/h3-6,8-11,15H,1,7,12-14,16H2,2H3,(H2,22,23,25). The van der Waals surface area contributed by atoms with Crippen molar-refractivity contribution < 1.29 is 4.74 Å². The number of nitrogens with one attached hydrogen (secondary N) is 2. The van der Waals surface area contributed by atoms with Crippen molar-refractivity contribution in [3.63, 3.8) is 0 Å². The summed E-state index contributed by atoms with van der Waals surface area (Å²) in [5.41, 5.74) is 3.70. The van der Waals surface area contributed by atoms with E-state index in [1.165, 1.54) is 11.1 Å². The molecule has 0 unspecified atom stereocenters. The number of anilines is 1. The molecule has 26 heavy (non-hydrogen) atoms. The highest BCUT2D eigenvalue weighted by molar-refractivity contribution is 7.98. The first-order valence-corrected chi connectivity index (χ1v) is 10.3. The van der Waals surface area contributed by atoms with Gasteiger partial charge in [0.2, 0.25) is 0 Å². The summed E-state index contributed by atoms with van der Waals surface area (Å²) in [7, 11) is 0. The SMILES string of the molecule is C=CCOc1cccc(NC(=S)NCCCSCc2ccccc2C)c1. The van der Waals surface area contributed by atoms with Crippen LogP contribution in [0.25, 0.3) is 0 Å². The van der Waals surface area contributed by atoms with Crippen LogP contribution in [0.3, 0.4) is 0 Å². The maximum atomic E-state index is 5.52. The molecule has 2 N–H and O–H groups in total. The second-order valence-electron chi connectivity index (χ2n) is 5.84. The van der Waals surface area contributed by atoms with E-state index in [9.17, 15) is 0 Å². The molecule has 3 nitrogen and oxygen atoms in total. The van der Waals surface area contributed by atoms with E-state index in [1.54, 1.807) is 6.08 Å². The van der Waals surface area contributed by atoms with Gasteiger partial charge in [0, 0.05) is 24.1 Å². The lowest BCUT2D eigenvalue weighted by Crippen LogP contribution is -2.29. The molecule has 2 rings (SSSR count). The molecule has 0 fully saturated rings. The molecule has 0 spiro atoms. The number of hydrogen-bond donors (Lipinski definition) is 2. The van der Waals surface area contributed by atoms with Crippen LogP contribution >= 0.6 is 24.0 Å². The largest absolute Gasteiger partial charge is 0.489 e. The zero-order valence-electron chi connectivity index (χ0n) is 15.2. The Hall–Kier alpha value is -1.98. The van der Waals surface area contributed by atoms with E-state index < -0.39 is 0 Å². The summed E-state index contributed by atoms with van der Waals surface area (Å²) in [5.74, 6) is 2.96. The maximum absolute atomic E-state index is 5.52. The molecule has 2 aromatic rings. The van der Waals surface area contributed by atoms with Gasteiger partial charge in [-0.15, -0.1) is 0 Å². The van der Waals surface area contributed by atoms with Gasteiger partial charge >= 0.3 is 0 Å². The Kier molecular flexibility index (Phi) is 9.07. The molecule has 138 valence electrons. The number of aryl methyl sites for hydroxylation is 1. The van der Waals surface area contributed by atoms with Crippen LogP contribution in [-0.2, 0) is 5.75 Å². The third kappa shape index (κ3) is 7.50. The van der Waals surface area contributed by atoms with E-state index in [2.05, 4.69) is 48.4 Å². The summed E-state index contributed by atoms with van der Waals surface area (Å²) < 4.78 is 5.52. The third-order valence-electron chi connectivity index (χ3n) is 3.73. The highest BCUT2D eigenvalue weighted by Gasteiger charge is 2.00. The van der Waals surface area contributed by atoms with E-state index in [-0.39, 0.29) is 0 Å². The molecule has 0 aliphatic carbocycles. The van der Waals surface area contributed by atoms with Crippen LogP contribution in [0.4, 0.5) is 5.69 Å². The number of rotatable bonds is 10. The molecule has 0 amide bonds. The maximum Gasteiger partial charge on any atom is 0.170 e. The van der Waals surface area contributed by atoms with Gasteiger partial charge < -0.3 is 15.4 Å². The molecular weight excluding hydrogens is 360 g/mol. The van der Waals surface area contributed by atoms with Crippen molar-refractivity contribution in [3.8, 4) is 5.75 Å². The number of ether oxygens (including phenoxy) is 1. The molecule has 0 heterocycles. The van der Waals surface area contributed by atoms with Crippen molar-refractivity contribution in [2.24, 2.45) is 0 Å². The smallest absolute Gasteiger partial charge is 0.170 e. The van der Waals surface area contributed by atoms with E-state index in [4.69, 9.17) is 17.0 Å². The topological polar surface area (TPSA) is 33.3 Å². The normalized spacial score (nSPS) is 10.2. The summed E-state index contributed by atoms with van der Waals surface area (Å²) in [6, 6.07) is 16.3. The Balaban J connectivity index is 1.61. The monoisotopic (exact) mass is 386 g/mol. The van der Waals surface area contributed by atoms with Crippen molar-refractivity contribution >= 4 is 34.8 Å². The minimum atomic E-state index is 0.492. The van der Waals surface area contributed by atoms with Gasteiger partial charge in [0.15, 0.2) is 5.11 Å². The highest BCUT2D eigenvalue weighted by Crippen LogP contribution is 2.18. The van der Waals surface area contributed by atoms with Crippen molar-refractivity contribution in [1.29, 1.82) is 0 Å². The zero-order chi connectivity index (χ0) is 18.6. The highest BCUT2D eigenvalue weighted by atomic mass is 32.2. The first kappa shape index (κ1) is 20.3. The summed E-state index contributed by atoms with van der Waals surface area (Å²) >= 11 is 7.31. The van der Waals surface area contributed by atoms with Crippen LogP contribution in [0.2, 0.25) is 0 Å². The average Bonchev–Trinajstić information content (AvgIpc) is 2.64. The fourth-order valence-electron chi connectivity index (χ4n) is 2.32. The predicted molar refractivity (Wildman–Crippen MR) is 118 cm³/mol. The Morgan fingerprint density at radius 3 is 2.88 bits per heavy atom. The lowest BCUT2D eigenvalue weighted by Gasteiger charge is -2.12. The van der Waals surface area contributed by atoms with Gasteiger partial charge in [-0.2, -0.15) is 11.8 Å². The molecule has 0 aliphatic rings. The fourth-order valence-corrected chi connectivity index (χ4v) is 3.58. The Bertz CT molecular complexity index is 719. The Morgan fingerprint density at radius 1 is 1.23 bits per heavy atom. The molecule has 5 heteroatoms. The predicted octanol–water partition coefficient (Wildman–Crippen LogP) is 5.17. The second-order valence-corrected chi connectivity index (χ2v) is 7.35. The molecule has 0 aromatic heterocycles. The van der Waals surface area contributed by atoms with Crippen LogP contribution in [0.15, 0.2) is 61.2 Å². The lowest BCUT2D eigenvalue weighted by atomic mass is 10.1. The summed E-state index contributed by atoms with van der Waals surface area (Å²) in [6.07, 6.45) is 2.80. The van der Waals surface area contributed by atoms with Crippen LogP contribution in [0.5, 0.6) is 5.75 Å². The molecule has 0 bridgehead atoms. The minimum absolute atomic E-state index is 0.492. The van der Waals surface area contributed by atoms with E-state index >= 15 is 0 Å². The number of thioether (sulfide) groups is 1. The molecule has 0 aliphatic heterocycles. The number of benzene rings is 2. The molecular formula is C21H26N2OS2. The number of thiocarbonyl (C=S) groups is 1. The fraction of sp³-hybridized carbons (Fsp3) is 0.286. The first-order valence-electron chi connectivity index (χ1n) is 8.70. The van der Waals surface area contributed by atoms with Crippen LogP contribution in [-0.4, -0.2) is 24.0 Å². The molecule has 0 atom stereocenters. The summed E-state index contributed by atoms with van der Waals surface area (Å²) in [6.45, 7) is 7.17. The van der Waals surface area contributed by atoms with E-state index in [0.717, 1.165) is 35.9 Å². The van der Waals surface area contributed by atoms with Crippen molar-refractivity contribution in [2.45, 2.75) is 19.1 Å². The molecule has 0 saturated carbocycles. The van der Waals surface area contributed by atoms with Crippen LogP contribution < -0.4 is 15.4 Å². The van der Waals surface area contributed by atoms with E-state index in [1.807, 2.05) is 36.0 Å². The lowest BCUT2D eigenvalue weighted by molar-refractivity contribution is 0.363. The van der Waals surface area contributed by atoms with E-state index in [0.29, 0.717) is 11.7 Å². The van der Waals surface area contributed by atoms with Gasteiger partial charge in [0.25, 0.3) is 0 Å². The van der Waals surface area contributed by atoms with Gasteiger partial charge in [-0.05, 0) is 54.6 Å². The summed E-state index contributed by atoms with van der Waals surface area (Å²) in [4.78, 5) is 0. The van der Waals surface area contributed by atoms with Crippen molar-refractivity contribution in [2.75, 3.05) is 24.2 Å². The van der Waals surface area contributed by atoms with Gasteiger partial charge in [0.05, 0.1) is 0 Å². The minimum Gasteiger partial charge on any atom is -0.489 e. The first-order chi connectivity index (χ1) is 12.7. The zero-order valence-corrected chi connectivity index (χ0v) is 16.8. The van der Waals surface area contributed by atoms with Crippen LogP contribution in [0, 0.1) is 6.92 Å². The quantitative estimate of drug-likeness (QED) is 0.334. The van der Waals surface area contributed by atoms with Crippen LogP contribution in [0.1, 0.15) is 17.5 Å². The Labute approximate surface area is 166 Å². The molecule has 0 radical (unpaired) electrons. The number of hydrogen-bond acceptors (Lipinski definition) is 3. The van der Waals surface area contributed by atoms with Gasteiger partial charge in [-0.3, -0.25) is 0 Å². The van der Waals surface area contributed by atoms with Gasteiger partial charge in [-0.25, -0.2) is 0 Å². The Morgan fingerprint density at radius 2 is 2.08 bits per heavy atom. The van der Waals surface area contributed by atoms with Gasteiger partial charge in [0.1, 0.15) is 12.4 Å². The van der Waals surface area contributed by atoms with Crippen molar-refractivity contribution in [3.05, 3.63) is 72.3 Å². The van der Waals surface area contributed by atoms with Crippen molar-refractivity contribution in [1.82, 2.24) is 5.32 Å². The van der Waals surface area contributed by atoms with Gasteiger partial charge in [-0.1, -0.05) is 43.0 Å². The molecule has 0 saturated heterocycles. The second kappa shape index (κ2) is 11.6. The third-order valence-corrected chi connectivity index (χ3v) is 5.07. The molecule has 2 aromatic carbocycles. The summed E-state index contributed by atoms with van der Waals surface area (Å²) in [5, 5.41) is 7.08.